The highest BCUT2D eigenvalue weighted by Gasteiger charge is 2.51. The average Bonchev–Trinajstić information content (AvgIpc) is 3.76. The first-order chi connectivity index (χ1) is 34.6. The number of nitrogens with zero attached hydrogens (tertiary/aromatic N) is 2. The topological polar surface area (TPSA) is 8.17 Å². The van der Waals surface area contributed by atoms with Crippen molar-refractivity contribution in [2.24, 2.45) is 17.8 Å². The van der Waals surface area contributed by atoms with Crippen molar-refractivity contribution in [3.05, 3.63) is 242 Å². The molecule has 4 bridgehead atoms. The van der Waals surface area contributed by atoms with Crippen LogP contribution in [0.5, 0.6) is 0 Å². The molecule has 0 unspecified atom stereocenters. The summed E-state index contributed by atoms with van der Waals surface area (Å²) >= 11 is 0. The Morgan fingerprint density at radius 3 is 1.43 bits per heavy atom. The van der Waals surface area contributed by atoms with Gasteiger partial charge in [0.2, 0.25) is 0 Å². The highest BCUT2D eigenvalue weighted by Crippen LogP contribution is 2.61. The average molecular weight is 899 g/mol. The highest BCUT2D eigenvalue weighted by atomic mass is 15.1. The van der Waals surface area contributed by atoms with E-state index in [1.165, 1.54) is 116 Å². The van der Waals surface area contributed by atoms with Gasteiger partial charge in [0.25, 0.3) is 0 Å². The maximum absolute atomic E-state index is 2.48. The first-order valence-corrected chi connectivity index (χ1v) is 25.5. The van der Waals surface area contributed by atoms with E-state index in [0.29, 0.717) is 5.41 Å². The van der Waals surface area contributed by atoms with Crippen molar-refractivity contribution < 1.29 is 0 Å². The fourth-order valence-electron chi connectivity index (χ4n) is 13.8. The minimum atomic E-state index is 0.409. The smallest absolute Gasteiger partial charge is 0.0541 e. The van der Waals surface area contributed by atoms with Gasteiger partial charge in [-0.05, 0) is 183 Å². The standard InChI is InChI=1S/C68H54N2/c1-2-12-51(13-3-1)61-22-10-14-53-15-11-23-62(67(53)61)52-30-36-58(37-31-52)69(57-34-28-50(29-35-57)49-26-32-56(33-27-49)68-43-46-38-47(44-68)40-48(39-46)45-68)59-18-8-16-54(41-59)55-17-9-19-60(42-55)70-65-24-6-4-20-63(65)64-21-5-7-25-66(64)70/h1-37,41-42,46-48H,38-40,43-45H2. The van der Waals surface area contributed by atoms with Crippen molar-refractivity contribution in [3.8, 4) is 50.2 Å². The van der Waals surface area contributed by atoms with Crippen molar-refractivity contribution >= 4 is 49.6 Å². The first-order valence-electron chi connectivity index (χ1n) is 25.5. The molecule has 10 aromatic carbocycles. The van der Waals surface area contributed by atoms with Crippen LogP contribution in [0.4, 0.5) is 17.1 Å². The second-order valence-corrected chi connectivity index (χ2v) is 20.8. The minimum Gasteiger partial charge on any atom is -0.310 e. The number of aromatic nitrogens is 1. The molecule has 15 rings (SSSR count). The van der Waals surface area contributed by atoms with E-state index in [1.807, 2.05) is 0 Å². The van der Waals surface area contributed by atoms with Crippen LogP contribution < -0.4 is 4.90 Å². The van der Waals surface area contributed by atoms with Crippen LogP contribution in [0.2, 0.25) is 0 Å². The number of anilines is 3. The van der Waals surface area contributed by atoms with Gasteiger partial charge in [0, 0.05) is 33.5 Å². The Morgan fingerprint density at radius 1 is 0.357 bits per heavy atom. The fourth-order valence-corrected chi connectivity index (χ4v) is 13.8. The van der Waals surface area contributed by atoms with E-state index in [1.54, 1.807) is 5.56 Å². The van der Waals surface area contributed by atoms with E-state index >= 15 is 0 Å². The van der Waals surface area contributed by atoms with Crippen LogP contribution in [-0.4, -0.2) is 4.57 Å². The predicted octanol–water partition coefficient (Wildman–Crippen LogP) is 18.5. The molecule has 2 nitrogen and oxygen atoms in total. The number of fused-ring (bicyclic) bond motifs is 4. The molecule has 0 radical (unpaired) electrons. The maximum Gasteiger partial charge on any atom is 0.0541 e. The van der Waals surface area contributed by atoms with Gasteiger partial charge in [-0.2, -0.15) is 0 Å². The zero-order valence-corrected chi connectivity index (χ0v) is 39.4. The summed E-state index contributed by atoms with van der Waals surface area (Å²) < 4.78 is 2.41. The zero-order valence-electron chi connectivity index (χ0n) is 39.4. The van der Waals surface area contributed by atoms with E-state index in [2.05, 4.69) is 246 Å². The van der Waals surface area contributed by atoms with Gasteiger partial charge >= 0.3 is 0 Å². The molecule has 4 aliphatic rings. The lowest BCUT2D eigenvalue weighted by molar-refractivity contribution is -0.00518. The van der Waals surface area contributed by atoms with Crippen LogP contribution in [0.15, 0.2) is 237 Å². The molecule has 1 heterocycles. The molecule has 11 aromatic rings. The van der Waals surface area contributed by atoms with E-state index in [0.717, 1.165) is 40.5 Å². The number of hydrogen-bond donors (Lipinski definition) is 0. The van der Waals surface area contributed by atoms with Crippen LogP contribution in [0.3, 0.4) is 0 Å². The largest absolute Gasteiger partial charge is 0.310 e. The molecule has 1 aromatic heterocycles. The van der Waals surface area contributed by atoms with E-state index in [-0.39, 0.29) is 0 Å². The molecule has 0 spiro atoms. The molecular weight excluding hydrogens is 845 g/mol. The van der Waals surface area contributed by atoms with Gasteiger partial charge in [-0.3, -0.25) is 0 Å². The van der Waals surface area contributed by atoms with Crippen molar-refractivity contribution in [2.45, 2.75) is 43.9 Å². The van der Waals surface area contributed by atoms with Crippen molar-refractivity contribution in [1.29, 1.82) is 0 Å². The summed E-state index contributed by atoms with van der Waals surface area (Å²) in [7, 11) is 0. The number of hydrogen-bond acceptors (Lipinski definition) is 1. The quantitative estimate of drug-likeness (QED) is 0.140. The summed E-state index contributed by atoms with van der Waals surface area (Å²) in [4.78, 5) is 2.42. The van der Waals surface area contributed by atoms with Gasteiger partial charge in [0.15, 0.2) is 0 Å². The van der Waals surface area contributed by atoms with Crippen LogP contribution in [0.25, 0.3) is 82.8 Å². The molecule has 70 heavy (non-hydrogen) atoms. The summed E-state index contributed by atoms with van der Waals surface area (Å²) in [5.74, 6) is 2.83. The zero-order chi connectivity index (χ0) is 46.2. The van der Waals surface area contributed by atoms with Gasteiger partial charge in [0.05, 0.1) is 11.0 Å². The predicted molar refractivity (Wildman–Crippen MR) is 295 cm³/mol. The molecule has 336 valence electrons. The Hall–Kier alpha value is -7.94. The minimum absolute atomic E-state index is 0.409. The Labute approximate surface area is 411 Å². The Bertz CT molecular complexity index is 3630. The Balaban J connectivity index is 0.843. The SMILES string of the molecule is c1ccc(-c2cccc3cccc(-c4ccc(N(c5ccc(-c6ccc(C78CC9CC(CC(C9)C7)C8)cc6)cc5)c5cccc(-c6cccc(-n7c8ccccc8c8ccccc87)c6)c5)cc4)c23)cc1. The molecular formula is C68H54N2. The summed E-state index contributed by atoms with van der Waals surface area (Å²) in [5.41, 5.74) is 18.7. The van der Waals surface area contributed by atoms with E-state index in [4.69, 9.17) is 0 Å². The summed E-state index contributed by atoms with van der Waals surface area (Å²) in [6.45, 7) is 0. The lowest BCUT2D eigenvalue weighted by Crippen LogP contribution is -2.48. The van der Waals surface area contributed by atoms with Crippen LogP contribution >= 0.6 is 0 Å². The molecule has 4 saturated carbocycles. The third kappa shape index (κ3) is 6.99. The monoisotopic (exact) mass is 898 g/mol. The fraction of sp³-hybridized carbons (Fsp3) is 0.147. The highest BCUT2D eigenvalue weighted by molar-refractivity contribution is 6.09. The summed E-state index contributed by atoms with van der Waals surface area (Å²) in [6, 6.07) is 87.9. The normalized spacial score (nSPS) is 19.3. The molecule has 0 atom stereocenters. The third-order valence-electron chi connectivity index (χ3n) is 16.5. The van der Waals surface area contributed by atoms with E-state index < -0.39 is 0 Å². The number of benzene rings is 10. The molecule has 4 aliphatic carbocycles. The van der Waals surface area contributed by atoms with Crippen molar-refractivity contribution in [3.63, 3.8) is 0 Å². The second kappa shape index (κ2) is 16.6. The Morgan fingerprint density at radius 2 is 0.829 bits per heavy atom. The van der Waals surface area contributed by atoms with Crippen LogP contribution in [0.1, 0.15) is 44.1 Å². The first kappa shape index (κ1) is 41.1. The molecule has 0 N–H and O–H groups in total. The molecule has 0 saturated heterocycles. The van der Waals surface area contributed by atoms with Crippen molar-refractivity contribution in [2.75, 3.05) is 4.90 Å². The van der Waals surface area contributed by atoms with Gasteiger partial charge in [-0.1, -0.05) is 176 Å². The summed E-state index contributed by atoms with van der Waals surface area (Å²) in [6.07, 6.45) is 8.63. The van der Waals surface area contributed by atoms with Gasteiger partial charge in [-0.15, -0.1) is 0 Å². The third-order valence-corrected chi connectivity index (χ3v) is 16.5. The van der Waals surface area contributed by atoms with Crippen LogP contribution in [0, 0.1) is 17.8 Å². The molecule has 4 fully saturated rings. The van der Waals surface area contributed by atoms with Gasteiger partial charge in [-0.25, -0.2) is 0 Å². The number of para-hydroxylation sites is 2. The number of rotatable bonds is 9. The van der Waals surface area contributed by atoms with Crippen LogP contribution in [-0.2, 0) is 5.41 Å². The molecule has 0 amide bonds. The lowest BCUT2D eigenvalue weighted by Gasteiger charge is -2.57. The van der Waals surface area contributed by atoms with Crippen molar-refractivity contribution in [1.82, 2.24) is 4.57 Å². The second-order valence-electron chi connectivity index (χ2n) is 20.8. The summed E-state index contributed by atoms with van der Waals surface area (Å²) in [5, 5.41) is 5.05. The lowest BCUT2D eigenvalue weighted by atomic mass is 9.48. The van der Waals surface area contributed by atoms with Gasteiger partial charge in [0.1, 0.15) is 0 Å². The van der Waals surface area contributed by atoms with E-state index in [9.17, 15) is 0 Å². The Kier molecular flexibility index (Phi) is 9.76. The maximum atomic E-state index is 2.48. The molecule has 2 heteroatoms. The molecule has 0 aliphatic heterocycles. The van der Waals surface area contributed by atoms with Gasteiger partial charge < -0.3 is 9.47 Å².